The Morgan fingerprint density at radius 3 is 2.48 bits per heavy atom. The van der Waals surface area contributed by atoms with Crippen molar-refractivity contribution in [1.29, 1.82) is 0 Å². The first-order valence-electron chi connectivity index (χ1n) is 8.46. The number of carbonyl (C=O) groups is 1. The van der Waals surface area contributed by atoms with E-state index in [2.05, 4.69) is 22.8 Å². The number of carbonyl (C=O) groups excluding carboxylic acids is 1. The summed E-state index contributed by atoms with van der Waals surface area (Å²) in [5.74, 6) is 0.803. The van der Waals surface area contributed by atoms with Gasteiger partial charge in [-0.3, -0.25) is 4.79 Å². The number of amides is 1. The Balaban J connectivity index is 0.00000192. The van der Waals surface area contributed by atoms with E-state index in [0.717, 1.165) is 24.4 Å². The van der Waals surface area contributed by atoms with Crippen molar-refractivity contribution in [2.45, 2.75) is 57.0 Å². The van der Waals surface area contributed by atoms with Crippen LogP contribution in [0.4, 0.5) is 0 Å². The standard InChI is InChI=1S/C18H25ClN2O.ClH/c19-15-5-3-13(4-6-15)2-1-9-20-18(22)12-14-10-16-7-8-17(11-14)21-16;/h3-6,14,16-17,21H,1-2,7-12H2,(H,20,22);1H. The van der Waals surface area contributed by atoms with Crippen molar-refractivity contribution in [3.63, 3.8) is 0 Å². The zero-order valence-electron chi connectivity index (χ0n) is 13.4. The summed E-state index contributed by atoms with van der Waals surface area (Å²) in [7, 11) is 0. The Labute approximate surface area is 150 Å². The van der Waals surface area contributed by atoms with Crippen molar-refractivity contribution in [3.05, 3.63) is 34.9 Å². The number of nitrogens with one attached hydrogen (secondary N) is 2. The minimum absolute atomic E-state index is 0. The van der Waals surface area contributed by atoms with Gasteiger partial charge < -0.3 is 10.6 Å². The smallest absolute Gasteiger partial charge is 0.220 e. The first-order valence-corrected chi connectivity index (χ1v) is 8.84. The van der Waals surface area contributed by atoms with Crippen molar-refractivity contribution in [2.75, 3.05) is 6.54 Å². The Hall–Kier alpha value is -0.770. The van der Waals surface area contributed by atoms with Gasteiger partial charge in [-0.05, 0) is 62.1 Å². The minimum atomic E-state index is 0. The molecule has 5 heteroatoms. The van der Waals surface area contributed by atoms with Crippen molar-refractivity contribution in [2.24, 2.45) is 5.92 Å². The van der Waals surface area contributed by atoms with Crippen molar-refractivity contribution in [1.82, 2.24) is 10.6 Å². The first kappa shape index (κ1) is 18.6. The summed E-state index contributed by atoms with van der Waals surface area (Å²) in [4.78, 5) is 12.1. The zero-order valence-corrected chi connectivity index (χ0v) is 15.0. The fourth-order valence-corrected chi connectivity index (χ4v) is 3.97. The topological polar surface area (TPSA) is 41.1 Å². The molecule has 2 N–H and O–H groups in total. The number of hydrogen-bond donors (Lipinski definition) is 2. The molecule has 0 aliphatic carbocycles. The number of benzene rings is 1. The van der Waals surface area contributed by atoms with Crippen molar-refractivity contribution >= 4 is 29.9 Å². The van der Waals surface area contributed by atoms with Crippen LogP contribution >= 0.6 is 24.0 Å². The average molecular weight is 357 g/mol. The molecule has 2 fully saturated rings. The maximum atomic E-state index is 12.1. The van der Waals surface area contributed by atoms with E-state index in [1.807, 2.05) is 12.1 Å². The van der Waals surface area contributed by atoms with Gasteiger partial charge in [0.15, 0.2) is 0 Å². The highest BCUT2D eigenvalue weighted by Crippen LogP contribution is 2.32. The van der Waals surface area contributed by atoms with Gasteiger partial charge in [-0.25, -0.2) is 0 Å². The molecule has 2 aliphatic rings. The van der Waals surface area contributed by atoms with Gasteiger partial charge in [0.25, 0.3) is 0 Å². The second kappa shape index (κ2) is 8.91. The van der Waals surface area contributed by atoms with Gasteiger partial charge in [-0.2, -0.15) is 0 Å². The minimum Gasteiger partial charge on any atom is -0.356 e. The molecule has 23 heavy (non-hydrogen) atoms. The van der Waals surface area contributed by atoms with E-state index >= 15 is 0 Å². The molecule has 3 nitrogen and oxygen atoms in total. The highest BCUT2D eigenvalue weighted by Gasteiger charge is 2.33. The van der Waals surface area contributed by atoms with Crippen LogP contribution in [0, 0.1) is 5.92 Å². The Morgan fingerprint density at radius 1 is 1.17 bits per heavy atom. The summed E-state index contributed by atoms with van der Waals surface area (Å²) in [5.41, 5.74) is 1.27. The molecule has 2 bridgehead atoms. The normalized spacial score (nSPS) is 25.7. The third kappa shape index (κ3) is 5.66. The van der Waals surface area contributed by atoms with Crippen molar-refractivity contribution in [3.8, 4) is 0 Å². The van der Waals surface area contributed by atoms with E-state index in [4.69, 9.17) is 11.6 Å². The maximum Gasteiger partial charge on any atom is 0.220 e. The highest BCUT2D eigenvalue weighted by molar-refractivity contribution is 6.30. The number of aryl methyl sites for hydroxylation is 1. The SMILES string of the molecule is Cl.O=C(CC1CC2CCC(C1)N2)NCCCc1ccc(Cl)cc1. The zero-order chi connectivity index (χ0) is 15.4. The molecule has 128 valence electrons. The molecule has 2 aliphatic heterocycles. The molecule has 1 aromatic rings. The second-order valence-corrected chi connectivity index (χ2v) is 7.20. The molecular weight excluding hydrogens is 331 g/mol. The number of halogens is 2. The Kier molecular flexibility index (Phi) is 7.19. The summed E-state index contributed by atoms with van der Waals surface area (Å²) >= 11 is 5.87. The van der Waals surface area contributed by atoms with E-state index in [9.17, 15) is 4.79 Å². The summed E-state index contributed by atoms with van der Waals surface area (Å²) in [6.45, 7) is 0.763. The molecule has 0 saturated carbocycles. The molecule has 1 amide bonds. The van der Waals surface area contributed by atoms with Gasteiger partial charge in [0, 0.05) is 30.1 Å². The first-order chi connectivity index (χ1) is 10.7. The van der Waals surface area contributed by atoms with Crippen molar-refractivity contribution < 1.29 is 4.79 Å². The molecule has 1 aromatic carbocycles. The lowest BCUT2D eigenvalue weighted by molar-refractivity contribution is -0.122. The molecule has 0 aromatic heterocycles. The predicted octanol–water partition coefficient (Wildman–Crippen LogP) is 3.73. The summed E-state index contributed by atoms with van der Waals surface area (Å²) in [5, 5.41) is 7.47. The maximum absolute atomic E-state index is 12.1. The van der Waals surface area contributed by atoms with Crippen LogP contribution in [-0.2, 0) is 11.2 Å². The third-order valence-corrected chi connectivity index (χ3v) is 5.17. The lowest BCUT2D eigenvalue weighted by Crippen LogP contribution is -2.39. The summed E-state index contributed by atoms with van der Waals surface area (Å²) in [6, 6.07) is 9.27. The Bertz CT molecular complexity index is 494. The van der Waals surface area contributed by atoms with Gasteiger partial charge in [-0.15, -0.1) is 12.4 Å². The fraction of sp³-hybridized carbons (Fsp3) is 0.611. The van der Waals surface area contributed by atoms with Crippen LogP contribution in [0.5, 0.6) is 0 Å². The van der Waals surface area contributed by atoms with E-state index in [1.54, 1.807) is 0 Å². The molecule has 2 saturated heterocycles. The molecular formula is C18H26Cl2N2O. The Morgan fingerprint density at radius 2 is 1.83 bits per heavy atom. The van der Waals surface area contributed by atoms with Crippen LogP contribution < -0.4 is 10.6 Å². The average Bonchev–Trinajstić information content (AvgIpc) is 2.84. The third-order valence-electron chi connectivity index (χ3n) is 4.92. The molecule has 2 heterocycles. The van der Waals surface area contributed by atoms with E-state index in [-0.39, 0.29) is 18.3 Å². The van der Waals surface area contributed by atoms with Gasteiger partial charge in [0.1, 0.15) is 0 Å². The summed E-state index contributed by atoms with van der Waals surface area (Å²) < 4.78 is 0. The molecule has 2 unspecified atom stereocenters. The largest absolute Gasteiger partial charge is 0.356 e. The second-order valence-electron chi connectivity index (χ2n) is 6.76. The van der Waals surface area contributed by atoms with Gasteiger partial charge >= 0.3 is 0 Å². The number of rotatable bonds is 6. The summed E-state index contributed by atoms with van der Waals surface area (Å²) in [6.07, 6.45) is 7.60. The van der Waals surface area contributed by atoms with E-state index in [1.165, 1.54) is 31.2 Å². The van der Waals surface area contributed by atoms with Crippen LogP contribution in [0.2, 0.25) is 5.02 Å². The van der Waals surface area contributed by atoms with Crippen LogP contribution in [-0.4, -0.2) is 24.5 Å². The highest BCUT2D eigenvalue weighted by atomic mass is 35.5. The predicted molar refractivity (Wildman–Crippen MR) is 97.3 cm³/mol. The molecule has 3 rings (SSSR count). The van der Waals surface area contributed by atoms with Gasteiger partial charge in [0.2, 0.25) is 5.91 Å². The van der Waals surface area contributed by atoms with Crippen LogP contribution in [0.25, 0.3) is 0 Å². The molecule has 2 atom stereocenters. The number of hydrogen-bond acceptors (Lipinski definition) is 2. The monoisotopic (exact) mass is 356 g/mol. The quantitative estimate of drug-likeness (QED) is 0.762. The molecule has 0 spiro atoms. The lowest BCUT2D eigenvalue weighted by Gasteiger charge is -2.28. The number of fused-ring (bicyclic) bond motifs is 2. The van der Waals surface area contributed by atoms with Gasteiger partial charge in [-0.1, -0.05) is 23.7 Å². The van der Waals surface area contributed by atoms with E-state index in [0.29, 0.717) is 24.4 Å². The van der Waals surface area contributed by atoms with Crippen LogP contribution in [0.3, 0.4) is 0 Å². The van der Waals surface area contributed by atoms with Crippen LogP contribution in [0.1, 0.15) is 44.1 Å². The van der Waals surface area contributed by atoms with Gasteiger partial charge in [0.05, 0.1) is 0 Å². The number of piperidine rings is 1. The fourth-order valence-electron chi connectivity index (χ4n) is 3.85. The van der Waals surface area contributed by atoms with Crippen LogP contribution in [0.15, 0.2) is 24.3 Å². The lowest BCUT2D eigenvalue weighted by atomic mass is 9.89. The molecule has 0 radical (unpaired) electrons. The van der Waals surface area contributed by atoms with E-state index < -0.39 is 0 Å².